The largest absolute Gasteiger partial charge is 0.468 e. The van der Waals surface area contributed by atoms with Crippen LogP contribution in [0, 0.1) is 0 Å². The van der Waals surface area contributed by atoms with Crippen molar-refractivity contribution in [3.63, 3.8) is 0 Å². The fourth-order valence-electron chi connectivity index (χ4n) is 1.88. The van der Waals surface area contributed by atoms with Gasteiger partial charge < -0.3 is 9.64 Å². The Morgan fingerprint density at radius 3 is 2.70 bits per heavy atom. The number of amides is 1. The van der Waals surface area contributed by atoms with E-state index < -0.39 is 5.97 Å². The van der Waals surface area contributed by atoms with Crippen molar-refractivity contribution in [1.82, 2.24) is 14.9 Å². The van der Waals surface area contributed by atoms with Gasteiger partial charge in [-0.15, -0.1) is 0 Å². The summed E-state index contributed by atoms with van der Waals surface area (Å²) in [5.41, 5.74) is 1.61. The number of fused-ring (bicyclic) bond motifs is 1. The number of aromatic nitrogens is 2. The van der Waals surface area contributed by atoms with Crippen LogP contribution in [0.3, 0.4) is 0 Å². The molecule has 1 amide bonds. The van der Waals surface area contributed by atoms with Crippen LogP contribution in [0.15, 0.2) is 30.6 Å². The lowest BCUT2D eigenvalue weighted by Gasteiger charge is -2.19. The van der Waals surface area contributed by atoms with Gasteiger partial charge in [-0.2, -0.15) is 0 Å². The van der Waals surface area contributed by atoms with Crippen molar-refractivity contribution in [3.8, 4) is 0 Å². The summed E-state index contributed by atoms with van der Waals surface area (Å²) >= 11 is 0. The Kier molecular flexibility index (Phi) is 4.24. The first kappa shape index (κ1) is 13.9. The van der Waals surface area contributed by atoms with Gasteiger partial charge in [-0.3, -0.25) is 19.6 Å². The van der Waals surface area contributed by atoms with Gasteiger partial charge in [0, 0.05) is 18.9 Å². The monoisotopic (exact) mass is 273 g/mol. The molecule has 6 nitrogen and oxygen atoms in total. The van der Waals surface area contributed by atoms with E-state index in [-0.39, 0.29) is 12.5 Å². The smallest absolute Gasteiger partial charge is 0.325 e. The standard InChI is InChI=1S/C14H15N3O3/c1-3-17(9-12(18)20-2)14(19)10-5-4-6-11-13(10)16-8-7-15-11/h4-8H,3,9H2,1-2H3. The average Bonchev–Trinajstić information content (AvgIpc) is 2.51. The molecular weight excluding hydrogens is 258 g/mol. The predicted octanol–water partition coefficient (Wildman–Crippen LogP) is 1.26. The van der Waals surface area contributed by atoms with Crippen LogP contribution in [0.4, 0.5) is 0 Å². The molecule has 0 spiro atoms. The van der Waals surface area contributed by atoms with E-state index in [2.05, 4.69) is 14.7 Å². The minimum absolute atomic E-state index is 0.0809. The highest BCUT2D eigenvalue weighted by Crippen LogP contribution is 2.15. The zero-order chi connectivity index (χ0) is 14.5. The number of esters is 1. The molecule has 0 saturated carbocycles. The molecule has 20 heavy (non-hydrogen) atoms. The van der Waals surface area contributed by atoms with E-state index >= 15 is 0 Å². The number of hydrogen-bond acceptors (Lipinski definition) is 5. The quantitative estimate of drug-likeness (QED) is 0.784. The van der Waals surface area contributed by atoms with E-state index in [1.54, 1.807) is 31.3 Å². The highest BCUT2D eigenvalue weighted by atomic mass is 16.5. The van der Waals surface area contributed by atoms with Crippen molar-refractivity contribution in [1.29, 1.82) is 0 Å². The van der Waals surface area contributed by atoms with E-state index in [0.717, 1.165) is 0 Å². The third-order valence-electron chi connectivity index (χ3n) is 2.95. The molecule has 1 heterocycles. The normalized spacial score (nSPS) is 10.3. The molecule has 1 aromatic heterocycles. The summed E-state index contributed by atoms with van der Waals surface area (Å²) in [5.74, 6) is -0.712. The van der Waals surface area contributed by atoms with Gasteiger partial charge in [0.2, 0.25) is 0 Å². The first-order valence-electron chi connectivity index (χ1n) is 6.23. The summed E-state index contributed by atoms with van der Waals surface area (Å²) in [6.07, 6.45) is 3.11. The van der Waals surface area contributed by atoms with Crippen molar-refractivity contribution >= 4 is 22.9 Å². The van der Waals surface area contributed by atoms with Crippen LogP contribution in [0.2, 0.25) is 0 Å². The van der Waals surface area contributed by atoms with Gasteiger partial charge >= 0.3 is 5.97 Å². The fourth-order valence-corrected chi connectivity index (χ4v) is 1.88. The van der Waals surface area contributed by atoms with Gasteiger partial charge in [-0.25, -0.2) is 0 Å². The third-order valence-corrected chi connectivity index (χ3v) is 2.95. The molecular formula is C14H15N3O3. The van der Waals surface area contributed by atoms with Crippen LogP contribution < -0.4 is 0 Å². The molecule has 104 valence electrons. The zero-order valence-corrected chi connectivity index (χ0v) is 11.4. The summed E-state index contributed by atoms with van der Waals surface area (Å²) in [4.78, 5) is 33.6. The molecule has 0 N–H and O–H groups in total. The number of ether oxygens (including phenoxy) is 1. The third kappa shape index (κ3) is 2.74. The van der Waals surface area contributed by atoms with Gasteiger partial charge in [0.1, 0.15) is 12.1 Å². The van der Waals surface area contributed by atoms with Crippen LogP contribution in [-0.4, -0.2) is 46.9 Å². The summed E-state index contributed by atoms with van der Waals surface area (Å²) in [5, 5.41) is 0. The van der Waals surface area contributed by atoms with Crippen molar-refractivity contribution in [2.45, 2.75) is 6.92 Å². The Morgan fingerprint density at radius 1 is 1.25 bits per heavy atom. The zero-order valence-electron chi connectivity index (χ0n) is 11.4. The maximum Gasteiger partial charge on any atom is 0.325 e. The van der Waals surface area contributed by atoms with Crippen LogP contribution in [0.25, 0.3) is 11.0 Å². The number of hydrogen-bond donors (Lipinski definition) is 0. The lowest BCUT2D eigenvalue weighted by Crippen LogP contribution is -2.36. The van der Waals surface area contributed by atoms with E-state index in [1.807, 2.05) is 0 Å². The summed E-state index contributed by atoms with van der Waals surface area (Å²) in [6.45, 7) is 2.13. The number of methoxy groups -OCH3 is 1. The Balaban J connectivity index is 2.37. The molecule has 0 aliphatic rings. The second-order valence-electron chi connectivity index (χ2n) is 4.13. The minimum atomic E-state index is -0.452. The number of para-hydroxylation sites is 1. The summed E-state index contributed by atoms with van der Waals surface area (Å²) in [7, 11) is 1.30. The molecule has 2 rings (SSSR count). The molecule has 0 aliphatic carbocycles. The Hall–Kier alpha value is -2.50. The highest BCUT2D eigenvalue weighted by molar-refractivity contribution is 6.05. The summed E-state index contributed by atoms with van der Waals surface area (Å²) in [6, 6.07) is 5.21. The van der Waals surface area contributed by atoms with Crippen LogP contribution >= 0.6 is 0 Å². The van der Waals surface area contributed by atoms with Gasteiger partial charge in [-0.1, -0.05) is 6.07 Å². The molecule has 0 bridgehead atoms. The maximum atomic E-state index is 12.5. The summed E-state index contributed by atoms with van der Waals surface area (Å²) < 4.78 is 4.60. The number of rotatable bonds is 4. The predicted molar refractivity (Wildman–Crippen MR) is 73.1 cm³/mol. The molecule has 2 aromatic rings. The maximum absolute atomic E-state index is 12.5. The van der Waals surface area contributed by atoms with E-state index in [0.29, 0.717) is 23.1 Å². The number of likely N-dealkylation sites (N-methyl/N-ethyl adjacent to an activating group) is 1. The van der Waals surface area contributed by atoms with Crippen molar-refractivity contribution in [2.24, 2.45) is 0 Å². The fraction of sp³-hybridized carbons (Fsp3) is 0.286. The van der Waals surface area contributed by atoms with Gasteiger partial charge in [0.15, 0.2) is 0 Å². The number of carbonyl (C=O) groups is 2. The lowest BCUT2D eigenvalue weighted by molar-refractivity contribution is -0.141. The molecule has 0 fully saturated rings. The number of benzene rings is 1. The van der Waals surface area contributed by atoms with Crippen LogP contribution in [0.1, 0.15) is 17.3 Å². The van der Waals surface area contributed by atoms with Gasteiger partial charge in [-0.05, 0) is 19.1 Å². The molecule has 0 unspecified atom stereocenters. The second-order valence-corrected chi connectivity index (χ2v) is 4.13. The van der Waals surface area contributed by atoms with Gasteiger partial charge in [0.25, 0.3) is 5.91 Å². The van der Waals surface area contributed by atoms with E-state index in [9.17, 15) is 9.59 Å². The molecule has 6 heteroatoms. The van der Waals surface area contributed by atoms with E-state index in [1.165, 1.54) is 18.2 Å². The Labute approximate surface area is 116 Å². The topological polar surface area (TPSA) is 72.4 Å². The highest BCUT2D eigenvalue weighted by Gasteiger charge is 2.20. The minimum Gasteiger partial charge on any atom is -0.468 e. The molecule has 0 saturated heterocycles. The molecule has 0 atom stereocenters. The van der Waals surface area contributed by atoms with Crippen molar-refractivity contribution < 1.29 is 14.3 Å². The number of nitrogens with zero attached hydrogens (tertiary/aromatic N) is 3. The second kappa shape index (κ2) is 6.10. The average molecular weight is 273 g/mol. The first-order valence-corrected chi connectivity index (χ1v) is 6.23. The van der Waals surface area contributed by atoms with Gasteiger partial charge in [0.05, 0.1) is 18.2 Å². The number of carbonyl (C=O) groups excluding carboxylic acids is 2. The molecule has 1 aromatic carbocycles. The lowest BCUT2D eigenvalue weighted by atomic mass is 10.1. The van der Waals surface area contributed by atoms with Crippen LogP contribution in [-0.2, 0) is 9.53 Å². The Bertz CT molecular complexity index is 637. The van der Waals surface area contributed by atoms with Crippen molar-refractivity contribution in [3.05, 3.63) is 36.2 Å². The van der Waals surface area contributed by atoms with Crippen LogP contribution in [0.5, 0.6) is 0 Å². The van der Waals surface area contributed by atoms with Crippen molar-refractivity contribution in [2.75, 3.05) is 20.2 Å². The first-order chi connectivity index (χ1) is 9.67. The Morgan fingerprint density at radius 2 is 2.00 bits per heavy atom. The molecule has 0 aliphatic heterocycles. The SMILES string of the molecule is CCN(CC(=O)OC)C(=O)c1cccc2nccnc12. The molecule has 0 radical (unpaired) electrons. The van der Waals surface area contributed by atoms with E-state index in [4.69, 9.17) is 0 Å².